The average Bonchev–Trinajstić information content (AvgIpc) is 3.17. The minimum Gasteiger partial charge on any atom is -0.344 e. The third-order valence-electron chi connectivity index (χ3n) is 4.46. The number of carbonyl (C=O) groups excluding carboxylic acids is 3. The molecule has 1 aliphatic heterocycles. The van der Waals surface area contributed by atoms with Gasteiger partial charge < -0.3 is 9.40 Å². The smallest absolute Gasteiger partial charge is 0.344 e. The SMILES string of the molecule is CCN(CC)S(=O)(=O)c1cc(C(=O)ON2C(=O)c3ccccc3C2=O)n(C)c1. The van der Waals surface area contributed by atoms with Crippen molar-refractivity contribution >= 4 is 27.8 Å². The lowest BCUT2D eigenvalue weighted by Gasteiger charge is -2.17. The maximum absolute atomic E-state index is 12.6. The van der Waals surface area contributed by atoms with Crippen LogP contribution in [0.15, 0.2) is 41.4 Å². The highest BCUT2D eigenvalue weighted by Gasteiger charge is 2.39. The first-order valence-electron chi connectivity index (χ1n) is 8.59. The Hall–Kier alpha value is -2.98. The first kappa shape index (κ1) is 19.8. The minimum absolute atomic E-state index is 0.0759. The summed E-state index contributed by atoms with van der Waals surface area (Å²) in [6.45, 7) is 3.98. The predicted octanol–water partition coefficient (Wildman–Crippen LogP) is 1.42. The number of benzene rings is 1. The maximum Gasteiger partial charge on any atom is 0.380 e. The van der Waals surface area contributed by atoms with Gasteiger partial charge in [0.25, 0.3) is 11.8 Å². The van der Waals surface area contributed by atoms with Crippen molar-refractivity contribution in [1.29, 1.82) is 0 Å². The fourth-order valence-electron chi connectivity index (χ4n) is 2.97. The first-order chi connectivity index (χ1) is 13.2. The van der Waals surface area contributed by atoms with Gasteiger partial charge in [-0.3, -0.25) is 9.59 Å². The highest BCUT2D eigenvalue weighted by Crippen LogP contribution is 2.24. The standard InChI is InChI=1S/C18H19N3O6S/c1-4-20(5-2)28(25,26)12-10-15(19(3)11-12)18(24)27-21-16(22)13-8-6-7-9-14(13)17(21)23/h6-11H,4-5H2,1-3H3. The maximum atomic E-state index is 12.6. The van der Waals surface area contributed by atoms with Crippen molar-refractivity contribution in [3.05, 3.63) is 53.3 Å². The molecule has 1 aliphatic rings. The van der Waals surface area contributed by atoms with E-state index in [0.717, 1.165) is 6.07 Å². The number of aryl methyl sites for hydroxylation is 1. The molecule has 2 heterocycles. The largest absolute Gasteiger partial charge is 0.380 e. The van der Waals surface area contributed by atoms with E-state index in [2.05, 4.69) is 0 Å². The normalized spacial score (nSPS) is 13.9. The van der Waals surface area contributed by atoms with Crippen LogP contribution in [0.5, 0.6) is 0 Å². The van der Waals surface area contributed by atoms with Gasteiger partial charge in [-0.1, -0.05) is 31.0 Å². The zero-order chi connectivity index (χ0) is 20.6. The number of nitrogens with zero attached hydrogens (tertiary/aromatic N) is 3. The summed E-state index contributed by atoms with van der Waals surface area (Å²) < 4.78 is 27.8. The van der Waals surface area contributed by atoms with Crippen LogP contribution in [0, 0.1) is 0 Å². The zero-order valence-electron chi connectivity index (χ0n) is 15.6. The Bertz CT molecular complexity index is 1030. The zero-order valence-corrected chi connectivity index (χ0v) is 16.4. The van der Waals surface area contributed by atoms with Gasteiger partial charge in [0.15, 0.2) is 0 Å². The lowest BCUT2D eigenvalue weighted by Crippen LogP contribution is -2.33. The Kier molecular flexibility index (Phi) is 5.09. The highest BCUT2D eigenvalue weighted by atomic mass is 32.2. The molecule has 0 unspecified atom stereocenters. The van der Waals surface area contributed by atoms with Gasteiger partial charge in [-0.2, -0.15) is 4.31 Å². The molecule has 9 nitrogen and oxygen atoms in total. The van der Waals surface area contributed by atoms with Gasteiger partial charge >= 0.3 is 5.97 Å². The highest BCUT2D eigenvalue weighted by molar-refractivity contribution is 7.89. The number of carbonyl (C=O) groups is 3. The van der Waals surface area contributed by atoms with Crippen molar-refractivity contribution in [2.24, 2.45) is 7.05 Å². The molecule has 148 valence electrons. The number of fused-ring (bicyclic) bond motifs is 1. The minimum atomic E-state index is -3.77. The van der Waals surface area contributed by atoms with Gasteiger partial charge in [-0.25, -0.2) is 13.2 Å². The summed E-state index contributed by atoms with van der Waals surface area (Å²) >= 11 is 0. The number of hydroxylamine groups is 2. The Labute approximate surface area is 162 Å². The second-order valence-corrected chi connectivity index (χ2v) is 8.03. The summed E-state index contributed by atoms with van der Waals surface area (Å²) in [5, 5.41) is 0.387. The van der Waals surface area contributed by atoms with Crippen LogP contribution in [0.3, 0.4) is 0 Å². The average molecular weight is 405 g/mol. The van der Waals surface area contributed by atoms with E-state index < -0.39 is 27.8 Å². The fraction of sp³-hybridized carbons (Fsp3) is 0.278. The number of sulfonamides is 1. The van der Waals surface area contributed by atoms with Gasteiger partial charge in [-0.15, -0.1) is 0 Å². The molecule has 0 spiro atoms. The number of hydrogen-bond donors (Lipinski definition) is 0. The molecule has 0 fully saturated rings. The van der Waals surface area contributed by atoms with Crippen LogP contribution >= 0.6 is 0 Å². The van der Waals surface area contributed by atoms with Crippen LogP contribution in [0.4, 0.5) is 0 Å². The van der Waals surface area contributed by atoms with Crippen molar-refractivity contribution in [3.8, 4) is 0 Å². The van der Waals surface area contributed by atoms with E-state index in [1.807, 2.05) is 0 Å². The first-order valence-corrected chi connectivity index (χ1v) is 10.0. The van der Waals surface area contributed by atoms with Crippen molar-refractivity contribution in [2.45, 2.75) is 18.7 Å². The van der Waals surface area contributed by atoms with Crippen LogP contribution < -0.4 is 0 Å². The third kappa shape index (κ3) is 3.10. The molecule has 1 aromatic carbocycles. The van der Waals surface area contributed by atoms with E-state index in [0.29, 0.717) is 5.06 Å². The van der Waals surface area contributed by atoms with Crippen LogP contribution in [-0.4, -0.2) is 53.2 Å². The van der Waals surface area contributed by atoms with Gasteiger partial charge in [-0.05, 0) is 18.2 Å². The summed E-state index contributed by atoms with van der Waals surface area (Å²) in [5.74, 6) is -2.52. The van der Waals surface area contributed by atoms with E-state index in [1.165, 1.54) is 34.2 Å². The topological polar surface area (TPSA) is 106 Å². The molecule has 10 heteroatoms. The van der Waals surface area contributed by atoms with E-state index in [9.17, 15) is 22.8 Å². The Morgan fingerprint density at radius 3 is 2.11 bits per heavy atom. The van der Waals surface area contributed by atoms with E-state index in [1.54, 1.807) is 26.0 Å². The molecular formula is C18H19N3O6S. The number of hydrogen-bond acceptors (Lipinski definition) is 6. The summed E-state index contributed by atoms with van der Waals surface area (Å²) in [5.41, 5.74) is 0.163. The Morgan fingerprint density at radius 2 is 1.61 bits per heavy atom. The predicted molar refractivity (Wildman–Crippen MR) is 97.9 cm³/mol. The Balaban J connectivity index is 1.86. The number of aromatic nitrogens is 1. The van der Waals surface area contributed by atoms with Crippen molar-refractivity contribution < 1.29 is 27.6 Å². The van der Waals surface area contributed by atoms with Gasteiger partial charge in [0.1, 0.15) is 10.6 Å². The molecule has 0 radical (unpaired) electrons. The van der Waals surface area contributed by atoms with Crippen LogP contribution in [-0.2, 0) is 21.9 Å². The molecule has 0 atom stereocenters. The summed E-state index contributed by atoms with van der Waals surface area (Å²) in [6, 6.07) is 7.27. The molecule has 3 rings (SSSR count). The number of amides is 2. The molecule has 28 heavy (non-hydrogen) atoms. The van der Waals surface area contributed by atoms with E-state index in [-0.39, 0.29) is 34.8 Å². The molecule has 0 bridgehead atoms. The molecule has 1 aromatic heterocycles. The molecule has 0 saturated carbocycles. The third-order valence-corrected chi connectivity index (χ3v) is 6.48. The van der Waals surface area contributed by atoms with Crippen LogP contribution in [0.25, 0.3) is 0 Å². The van der Waals surface area contributed by atoms with Crippen LogP contribution in [0.1, 0.15) is 45.1 Å². The molecule has 0 aliphatic carbocycles. The quantitative estimate of drug-likeness (QED) is 0.673. The van der Waals surface area contributed by atoms with E-state index >= 15 is 0 Å². The van der Waals surface area contributed by atoms with E-state index in [4.69, 9.17) is 4.84 Å². The molecule has 2 aromatic rings. The fourth-order valence-corrected chi connectivity index (χ4v) is 4.50. The van der Waals surface area contributed by atoms with Crippen molar-refractivity contribution in [1.82, 2.24) is 13.9 Å². The lowest BCUT2D eigenvalue weighted by molar-refractivity contribution is -0.0590. The second-order valence-electron chi connectivity index (χ2n) is 6.09. The molecular weight excluding hydrogens is 386 g/mol. The lowest BCUT2D eigenvalue weighted by atomic mass is 10.1. The van der Waals surface area contributed by atoms with Gasteiger partial charge in [0.2, 0.25) is 10.0 Å². The number of rotatable bonds is 6. The van der Waals surface area contributed by atoms with Gasteiger partial charge in [0.05, 0.1) is 11.1 Å². The van der Waals surface area contributed by atoms with Gasteiger partial charge in [0, 0.05) is 26.3 Å². The second kappa shape index (κ2) is 7.21. The summed E-state index contributed by atoms with van der Waals surface area (Å²) in [7, 11) is -2.30. The van der Waals surface area contributed by atoms with Crippen LogP contribution in [0.2, 0.25) is 0 Å². The Morgan fingerprint density at radius 1 is 1.07 bits per heavy atom. The summed E-state index contributed by atoms with van der Waals surface area (Å²) in [6.07, 6.45) is 1.28. The monoisotopic (exact) mass is 405 g/mol. The molecule has 2 amide bonds. The molecule has 0 saturated heterocycles. The van der Waals surface area contributed by atoms with Crippen molar-refractivity contribution in [3.63, 3.8) is 0 Å². The molecule has 0 N–H and O–H groups in total. The summed E-state index contributed by atoms with van der Waals surface area (Å²) in [4.78, 5) is 42.0. The number of imide groups is 1. The van der Waals surface area contributed by atoms with Crippen molar-refractivity contribution in [2.75, 3.05) is 13.1 Å².